The monoisotopic (exact) mass is 281 g/mol. The second kappa shape index (κ2) is 6.75. The van der Waals surface area contributed by atoms with Gasteiger partial charge in [0.15, 0.2) is 0 Å². The molecule has 0 heterocycles. The minimum atomic E-state index is -0.138. The number of nitrogens with one attached hydrogen (secondary N) is 1. The van der Waals surface area contributed by atoms with Crippen molar-refractivity contribution in [2.45, 2.75) is 13.8 Å². The predicted octanol–water partition coefficient (Wildman–Crippen LogP) is 4.05. The number of carbonyl (C=O) groups is 1. The lowest BCUT2D eigenvalue weighted by Crippen LogP contribution is -2.13. The quantitative estimate of drug-likeness (QED) is 0.859. The van der Waals surface area contributed by atoms with Gasteiger partial charge in [-0.25, -0.2) is 0 Å². The lowest BCUT2D eigenvalue weighted by molar-refractivity contribution is -0.112. The molecule has 0 aliphatic heterocycles. The molecule has 0 saturated carbocycles. The number of hydrogen-bond donors (Lipinski definition) is 1. The molecule has 2 aromatic rings. The van der Waals surface area contributed by atoms with Crippen LogP contribution in [0.15, 0.2) is 54.1 Å². The molecule has 0 aromatic heterocycles. The number of ether oxygens (including phenoxy) is 1. The first kappa shape index (κ1) is 14.9. The van der Waals surface area contributed by atoms with Gasteiger partial charge >= 0.3 is 0 Å². The number of rotatable bonds is 4. The zero-order valence-corrected chi connectivity index (χ0v) is 12.5. The molecule has 2 aromatic carbocycles. The van der Waals surface area contributed by atoms with Crippen molar-refractivity contribution in [3.63, 3.8) is 0 Å². The summed E-state index contributed by atoms with van der Waals surface area (Å²) in [7, 11) is 1.59. The van der Waals surface area contributed by atoms with Crippen LogP contribution in [0.1, 0.15) is 18.1 Å². The Labute approximate surface area is 125 Å². The highest BCUT2D eigenvalue weighted by atomic mass is 16.5. The summed E-state index contributed by atoms with van der Waals surface area (Å²) in [6.45, 7) is 3.78. The normalized spacial score (nSPS) is 11.1. The van der Waals surface area contributed by atoms with E-state index in [0.717, 1.165) is 11.1 Å². The first-order valence-electron chi connectivity index (χ1n) is 6.79. The molecule has 0 saturated heterocycles. The summed E-state index contributed by atoms with van der Waals surface area (Å²) in [5.74, 6) is 0.525. The Bertz CT molecular complexity index is 660. The van der Waals surface area contributed by atoms with Crippen LogP contribution in [0.2, 0.25) is 0 Å². The van der Waals surface area contributed by atoms with Crippen LogP contribution in [0.4, 0.5) is 5.69 Å². The zero-order chi connectivity index (χ0) is 15.2. The molecule has 0 atom stereocenters. The largest absolute Gasteiger partial charge is 0.495 e. The molecular formula is C18H19NO2. The van der Waals surface area contributed by atoms with E-state index in [1.165, 1.54) is 0 Å². The second-order valence-electron chi connectivity index (χ2n) is 4.90. The Hall–Kier alpha value is -2.55. The first-order chi connectivity index (χ1) is 10.1. The van der Waals surface area contributed by atoms with Gasteiger partial charge in [-0.2, -0.15) is 0 Å². The summed E-state index contributed by atoms with van der Waals surface area (Å²) in [6, 6.07) is 15.4. The van der Waals surface area contributed by atoms with Gasteiger partial charge in [-0.05, 0) is 43.2 Å². The third-order valence-electron chi connectivity index (χ3n) is 3.15. The summed E-state index contributed by atoms with van der Waals surface area (Å²) in [4.78, 5) is 12.2. The van der Waals surface area contributed by atoms with Crippen molar-refractivity contribution in [1.82, 2.24) is 0 Å². The van der Waals surface area contributed by atoms with Crippen LogP contribution in [0, 0.1) is 6.92 Å². The van der Waals surface area contributed by atoms with Gasteiger partial charge in [0.1, 0.15) is 5.75 Å². The van der Waals surface area contributed by atoms with Crippen LogP contribution in [0.25, 0.3) is 6.08 Å². The number of amides is 1. The molecule has 0 aliphatic rings. The molecular weight excluding hydrogens is 262 g/mol. The van der Waals surface area contributed by atoms with E-state index in [1.807, 2.05) is 61.5 Å². The van der Waals surface area contributed by atoms with Gasteiger partial charge in [-0.1, -0.05) is 36.4 Å². The number of carbonyl (C=O) groups excluding carboxylic acids is 1. The SMILES string of the molecule is COc1cc(C)ccc1NC(=O)C(C)=Cc1ccccc1. The van der Waals surface area contributed by atoms with Gasteiger partial charge in [0, 0.05) is 5.57 Å². The predicted molar refractivity (Wildman–Crippen MR) is 86.5 cm³/mol. The van der Waals surface area contributed by atoms with Crippen molar-refractivity contribution in [3.05, 3.63) is 65.2 Å². The van der Waals surface area contributed by atoms with E-state index in [-0.39, 0.29) is 5.91 Å². The van der Waals surface area contributed by atoms with Crippen molar-refractivity contribution in [2.75, 3.05) is 12.4 Å². The Balaban J connectivity index is 2.16. The maximum Gasteiger partial charge on any atom is 0.251 e. The zero-order valence-electron chi connectivity index (χ0n) is 12.5. The molecule has 0 radical (unpaired) electrons. The van der Waals surface area contributed by atoms with Crippen molar-refractivity contribution < 1.29 is 9.53 Å². The summed E-state index contributed by atoms with van der Waals surface area (Å²) >= 11 is 0. The lowest BCUT2D eigenvalue weighted by Gasteiger charge is -2.11. The average Bonchev–Trinajstić information content (AvgIpc) is 2.49. The molecule has 3 heteroatoms. The maximum absolute atomic E-state index is 12.2. The Morgan fingerprint density at radius 3 is 2.52 bits per heavy atom. The van der Waals surface area contributed by atoms with Crippen molar-refractivity contribution in [3.8, 4) is 5.75 Å². The van der Waals surface area contributed by atoms with Crippen molar-refractivity contribution >= 4 is 17.7 Å². The van der Waals surface area contributed by atoms with E-state index in [2.05, 4.69) is 5.32 Å². The second-order valence-corrected chi connectivity index (χ2v) is 4.90. The fourth-order valence-electron chi connectivity index (χ4n) is 1.99. The van der Waals surface area contributed by atoms with E-state index >= 15 is 0 Å². The molecule has 1 amide bonds. The molecule has 2 rings (SSSR count). The minimum absolute atomic E-state index is 0.138. The van der Waals surface area contributed by atoms with Crippen LogP contribution in [0.5, 0.6) is 5.75 Å². The maximum atomic E-state index is 12.2. The highest BCUT2D eigenvalue weighted by Crippen LogP contribution is 2.25. The van der Waals surface area contributed by atoms with Gasteiger partial charge in [0.25, 0.3) is 5.91 Å². The fraction of sp³-hybridized carbons (Fsp3) is 0.167. The van der Waals surface area contributed by atoms with Gasteiger partial charge in [-0.15, -0.1) is 0 Å². The number of hydrogen-bond acceptors (Lipinski definition) is 2. The summed E-state index contributed by atoms with van der Waals surface area (Å²) in [5.41, 5.74) is 3.40. The van der Waals surface area contributed by atoms with Crippen molar-refractivity contribution in [2.24, 2.45) is 0 Å². The first-order valence-corrected chi connectivity index (χ1v) is 6.79. The van der Waals surface area contributed by atoms with Gasteiger partial charge < -0.3 is 10.1 Å². The minimum Gasteiger partial charge on any atom is -0.495 e. The molecule has 0 bridgehead atoms. The summed E-state index contributed by atoms with van der Waals surface area (Å²) in [6.07, 6.45) is 1.86. The van der Waals surface area contributed by atoms with E-state index < -0.39 is 0 Å². The Morgan fingerprint density at radius 2 is 1.86 bits per heavy atom. The molecule has 0 spiro atoms. The number of benzene rings is 2. The molecule has 1 N–H and O–H groups in total. The Kier molecular flexibility index (Phi) is 4.77. The average molecular weight is 281 g/mol. The van der Waals surface area contributed by atoms with Crippen LogP contribution >= 0.6 is 0 Å². The smallest absolute Gasteiger partial charge is 0.251 e. The Morgan fingerprint density at radius 1 is 1.14 bits per heavy atom. The van der Waals surface area contributed by atoms with E-state index in [9.17, 15) is 4.79 Å². The van der Waals surface area contributed by atoms with Gasteiger partial charge in [0.2, 0.25) is 0 Å². The van der Waals surface area contributed by atoms with Crippen LogP contribution in [-0.2, 0) is 4.79 Å². The van der Waals surface area contributed by atoms with Crippen molar-refractivity contribution in [1.29, 1.82) is 0 Å². The topological polar surface area (TPSA) is 38.3 Å². The van der Waals surface area contributed by atoms with Crippen LogP contribution < -0.4 is 10.1 Å². The van der Waals surface area contributed by atoms with Gasteiger partial charge in [0.05, 0.1) is 12.8 Å². The third-order valence-corrected chi connectivity index (χ3v) is 3.15. The summed E-state index contributed by atoms with van der Waals surface area (Å²) < 4.78 is 5.29. The molecule has 21 heavy (non-hydrogen) atoms. The van der Waals surface area contributed by atoms with Crippen LogP contribution in [-0.4, -0.2) is 13.0 Å². The van der Waals surface area contributed by atoms with E-state index in [1.54, 1.807) is 14.0 Å². The molecule has 108 valence electrons. The number of methoxy groups -OCH3 is 1. The standard InChI is InChI=1S/C18H19NO2/c1-13-9-10-16(17(11-13)21-3)19-18(20)14(2)12-15-7-5-4-6-8-15/h4-12H,1-3H3,(H,19,20). The summed E-state index contributed by atoms with van der Waals surface area (Å²) in [5, 5.41) is 2.88. The van der Waals surface area contributed by atoms with E-state index in [0.29, 0.717) is 17.0 Å². The fourth-order valence-corrected chi connectivity index (χ4v) is 1.99. The molecule has 3 nitrogen and oxygen atoms in total. The number of aryl methyl sites for hydroxylation is 1. The highest BCUT2D eigenvalue weighted by molar-refractivity contribution is 6.06. The highest BCUT2D eigenvalue weighted by Gasteiger charge is 2.09. The lowest BCUT2D eigenvalue weighted by atomic mass is 10.1. The molecule has 0 aliphatic carbocycles. The molecule has 0 unspecified atom stereocenters. The van der Waals surface area contributed by atoms with E-state index in [4.69, 9.17) is 4.74 Å². The van der Waals surface area contributed by atoms with Gasteiger partial charge in [-0.3, -0.25) is 4.79 Å². The molecule has 0 fully saturated rings. The van der Waals surface area contributed by atoms with Crippen LogP contribution in [0.3, 0.4) is 0 Å². The number of anilines is 1. The third kappa shape index (κ3) is 3.96.